The van der Waals surface area contributed by atoms with Crippen LogP contribution in [-0.2, 0) is 13.8 Å². The zero-order valence-corrected chi connectivity index (χ0v) is 18.3. The third-order valence-corrected chi connectivity index (χ3v) is 6.73. The van der Waals surface area contributed by atoms with Gasteiger partial charge in [-0.1, -0.05) is 0 Å². The molecule has 0 radical (unpaired) electrons. The lowest BCUT2D eigenvalue weighted by atomic mass is 9.97. The minimum atomic E-state index is -4.34. The number of pyridine rings is 1. The Bertz CT molecular complexity index is 1140. The largest absolute Gasteiger partial charge is 0.388 e. The van der Waals surface area contributed by atoms with Gasteiger partial charge in [-0.25, -0.2) is 4.79 Å². The highest BCUT2D eigenvalue weighted by Gasteiger charge is 2.47. The maximum Gasteiger partial charge on any atom is 0.356 e. The molecule has 12 nitrogen and oxygen atoms in total. The zero-order valence-electron chi connectivity index (χ0n) is 17.4. The molecule has 0 amide bonds. The van der Waals surface area contributed by atoms with Crippen molar-refractivity contribution >= 4 is 18.6 Å². The van der Waals surface area contributed by atoms with Gasteiger partial charge in [-0.05, 0) is 27.7 Å². The standard InChI is InChI=1S/C18H26N3O9P/c1-8-5-11(23)10-7-21(17(26)20-15(10)19-8)16-14(25)13(24)12(29-16)6-18(3,4)30-31(27,28)9(2)22/h5,7,9,12-14,16,22,24-25H,6H2,1-4H3,(H,27,28)(H,19,20,26)/t9?,12-,13?,14?,16-/m1/s1. The predicted molar refractivity (Wildman–Crippen MR) is 109 cm³/mol. The highest BCUT2D eigenvalue weighted by Crippen LogP contribution is 2.51. The van der Waals surface area contributed by atoms with Crippen molar-refractivity contribution in [3.05, 3.63) is 38.7 Å². The van der Waals surface area contributed by atoms with Crippen LogP contribution in [-0.4, -0.2) is 64.5 Å². The van der Waals surface area contributed by atoms with Gasteiger partial charge in [0.05, 0.1) is 17.1 Å². The molecular formula is C18H26N3O9P. The van der Waals surface area contributed by atoms with Crippen molar-refractivity contribution < 1.29 is 34.0 Å². The predicted octanol–water partition coefficient (Wildman–Crippen LogP) is -0.279. The third kappa shape index (κ3) is 4.80. The average molecular weight is 459 g/mol. The van der Waals surface area contributed by atoms with E-state index in [0.717, 1.165) is 11.5 Å². The molecule has 3 rings (SSSR count). The summed E-state index contributed by atoms with van der Waals surface area (Å²) >= 11 is 0. The Labute approximate surface area is 176 Å². The van der Waals surface area contributed by atoms with Crippen LogP contribution < -0.4 is 11.1 Å². The highest BCUT2D eigenvalue weighted by molar-refractivity contribution is 7.53. The Balaban J connectivity index is 1.89. The maximum atomic E-state index is 12.5. The molecule has 0 spiro atoms. The van der Waals surface area contributed by atoms with Gasteiger partial charge in [0.2, 0.25) is 0 Å². The Morgan fingerprint density at radius 2 is 2.00 bits per heavy atom. The van der Waals surface area contributed by atoms with E-state index in [9.17, 15) is 34.4 Å². The molecule has 6 atom stereocenters. The molecule has 2 aromatic heterocycles. The van der Waals surface area contributed by atoms with Gasteiger partial charge in [-0.2, -0.15) is 4.98 Å². The Kier molecular flexibility index (Phi) is 6.29. The fraction of sp³-hybridized carbons (Fsp3) is 0.611. The number of aliphatic hydroxyl groups is 3. The summed E-state index contributed by atoms with van der Waals surface area (Å²) in [6.45, 7) is 5.67. The number of aromatic amines is 1. The van der Waals surface area contributed by atoms with Crippen LogP contribution in [0, 0.1) is 6.92 Å². The van der Waals surface area contributed by atoms with Crippen LogP contribution in [0.5, 0.6) is 0 Å². The molecule has 0 aromatic carbocycles. The molecule has 5 N–H and O–H groups in total. The van der Waals surface area contributed by atoms with Crippen molar-refractivity contribution in [2.75, 3.05) is 0 Å². The molecule has 172 valence electrons. The summed E-state index contributed by atoms with van der Waals surface area (Å²) in [4.78, 5) is 41.1. The van der Waals surface area contributed by atoms with Crippen LogP contribution in [0.2, 0.25) is 0 Å². The van der Waals surface area contributed by atoms with Gasteiger partial charge < -0.3 is 34.5 Å². The number of nitrogens with zero attached hydrogens (tertiary/aromatic N) is 2. The summed E-state index contributed by atoms with van der Waals surface area (Å²) in [7, 11) is -4.34. The quantitative estimate of drug-likeness (QED) is 0.360. The number of H-pyrrole nitrogens is 1. The molecule has 0 bridgehead atoms. The van der Waals surface area contributed by atoms with E-state index in [4.69, 9.17) is 9.26 Å². The first-order valence-electron chi connectivity index (χ1n) is 9.57. The van der Waals surface area contributed by atoms with Gasteiger partial charge in [-0.3, -0.25) is 13.9 Å². The zero-order chi connectivity index (χ0) is 23.3. The topological polar surface area (TPSA) is 184 Å². The van der Waals surface area contributed by atoms with Crippen LogP contribution >= 0.6 is 7.60 Å². The number of aryl methyl sites for hydroxylation is 1. The summed E-state index contributed by atoms with van der Waals surface area (Å²) in [6, 6.07) is 1.33. The normalized spacial score (nSPS) is 27.4. The monoisotopic (exact) mass is 459 g/mol. The molecule has 3 heterocycles. The van der Waals surface area contributed by atoms with Crippen LogP contribution in [0.15, 0.2) is 21.9 Å². The Hall–Kier alpha value is -1.92. The van der Waals surface area contributed by atoms with Crippen LogP contribution in [0.4, 0.5) is 0 Å². The molecule has 31 heavy (non-hydrogen) atoms. The molecule has 0 saturated carbocycles. The van der Waals surface area contributed by atoms with E-state index in [-0.39, 0.29) is 22.9 Å². The lowest BCUT2D eigenvalue weighted by Crippen LogP contribution is -2.38. The Morgan fingerprint density at radius 3 is 2.61 bits per heavy atom. The smallest absolute Gasteiger partial charge is 0.356 e. The van der Waals surface area contributed by atoms with Crippen LogP contribution in [0.3, 0.4) is 0 Å². The van der Waals surface area contributed by atoms with Crippen molar-refractivity contribution in [3.63, 3.8) is 0 Å². The van der Waals surface area contributed by atoms with E-state index in [1.54, 1.807) is 6.92 Å². The molecule has 4 unspecified atom stereocenters. The van der Waals surface area contributed by atoms with E-state index >= 15 is 0 Å². The average Bonchev–Trinajstić information content (AvgIpc) is 2.87. The lowest BCUT2D eigenvalue weighted by Gasteiger charge is -2.31. The summed E-state index contributed by atoms with van der Waals surface area (Å²) in [5.41, 5.74) is -1.92. The second-order valence-electron chi connectivity index (χ2n) is 8.31. The molecule has 2 aromatic rings. The number of aliphatic hydroxyl groups excluding tert-OH is 3. The van der Waals surface area contributed by atoms with E-state index < -0.39 is 49.3 Å². The molecule has 13 heteroatoms. The minimum absolute atomic E-state index is 0.0854. The maximum absolute atomic E-state index is 12.5. The van der Waals surface area contributed by atoms with Gasteiger partial charge >= 0.3 is 13.3 Å². The molecular weight excluding hydrogens is 433 g/mol. The van der Waals surface area contributed by atoms with Gasteiger partial charge in [0, 0.05) is 24.4 Å². The van der Waals surface area contributed by atoms with Crippen molar-refractivity contribution in [1.82, 2.24) is 14.5 Å². The van der Waals surface area contributed by atoms with E-state index in [1.807, 2.05) is 0 Å². The first kappa shape index (κ1) is 23.7. The highest BCUT2D eigenvalue weighted by atomic mass is 31.2. The number of nitrogens with one attached hydrogen (secondary N) is 1. The van der Waals surface area contributed by atoms with Crippen molar-refractivity contribution in [3.8, 4) is 0 Å². The fourth-order valence-corrected chi connectivity index (χ4v) is 4.44. The van der Waals surface area contributed by atoms with Gasteiger partial charge in [0.25, 0.3) is 0 Å². The summed E-state index contributed by atoms with van der Waals surface area (Å²) < 4.78 is 23.7. The first-order chi connectivity index (χ1) is 14.2. The minimum Gasteiger partial charge on any atom is -0.388 e. The number of hydrogen-bond acceptors (Lipinski definition) is 9. The van der Waals surface area contributed by atoms with Gasteiger partial charge in [0.1, 0.15) is 17.9 Å². The van der Waals surface area contributed by atoms with Gasteiger partial charge in [-0.15, -0.1) is 0 Å². The molecule has 1 aliphatic rings. The Morgan fingerprint density at radius 1 is 1.35 bits per heavy atom. The number of fused-ring (bicyclic) bond motifs is 1. The molecule has 0 aliphatic carbocycles. The van der Waals surface area contributed by atoms with E-state index in [0.29, 0.717) is 5.69 Å². The van der Waals surface area contributed by atoms with Crippen molar-refractivity contribution in [1.29, 1.82) is 0 Å². The van der Waals surface area contributed by atoms with Gasteiger partial charge in [0.15, 0.2) is 17.5 Å². The number of ether oxygens (including phenoxy) is 1. The number of hydrogen-bond donors (Lipinski definition) is 5. The summed E-state index contributed by atoms with van der Waals surface area (Å²) in [5, 5.41) is 30.4. The lowest BCUT2D eigenvalue weighted by molar-refractivity contribution is -0.0643. The fourth-order valence-electron chi connectivity index (χ4n) is 3.50. The van der Waals surface area contributed by atoms with Crippen LogP contribution in [0.1, 0.15) is 39.1 Å². The van der Waals surface area contributed by atoms with Crippen molar-refractivity contribution in [2.24, 2.45) is 0 Å². The number of aromatic nitrogens is 3. The third-order valence-electron chi connectivity index (χ3n) is 5.03. The summed E-state index contributed by atoms with van der Waals surface area (Å²) in [5.74, 6) is -1.62. The van der Waals surface area contributed by atoms with Crippen LogP contribution in [0.25, 0.3) is 11.0 Å². The number of rotatable bonds is 6. The van der Waals surface area contributed by atoms with Crippen molar-refractivity contribution in [2.45, 2.75) is 70.1 Å². The van der Waals surface area contributed by atoms with E-state index in [1.165, 1.54) is 26.1 Å². The molecule has 1 aliphatic heterocycles. The first-order valence-corrected chi connectivity index (χ1v) is 11.2. The molecule has 1 saturated heterocycles. The molecule has 1 fully saturated rings. The summed E-state index contributed by atoms with van der Waals surface area (Å²) in [6.07, 6.45) is -4.38. The SMILES string of the molecule is Cc1cc(=O)c2cn([C@@H]3O[C@H](CC(C)(C)OP(=O)(O)C(C)O)C(O)C3O)c(=O)nc2[nH]1. The van der Waals surface area contributed by atoms with E-state index in [2.05, 4.69) is 9.97 Å². The second kappa shape index (κ2) is 8.21. The second-order valence-corrected chi connectivity index (χ2v) is 10.4.